The number of hydrogen-bond donors (Lipinski definition) is 2. The number of carbonyl (C=O) groups excluding carboxylic acids is 1. The van der Waals surface area contributed by atoms with Gasteiger partial charge >= 0.3 is 6.03 Å². The van der Waals surface area contributed by atoms with Crippen LogP contribution in [-0.2, 0) is 0 Å². The molecule has 24 heavy (non-hydrogen) atoms. The van der Waals surface area contributed by atoms with Crippen molar-refractivity contribution in [2.45, 2.75) is 6.92 Å². The van der Waals surface area contributed by atoms with E-state index < -0.39 is 6.03 Å². The normalized spacial score (nSPS) is 10.0. The van der Waals surface area contributed by atoms with Gasteiger partial charge in [0.2, 0.25) is 5.75 Å². The molecule has 2 amide bonds. The van der Waals surface area contributed by atoms with Gasteiger partial charge in [-0.1, -0.05) is 11.6 Å². The first-order valence-corrected chi connectivity index (χ1v) is 7.50. The van der Waals surface area contributed by atoms with Crippen LogP contribution in [0, 0.1) is 6.92 Å². The summed E-state index contributed by atoms with van der Waals surface area (Å²) in [6, 6.07) is 8.13. The monoisotopic (exact) mass is 350 g/mol. The first kappa shape index (κ1) is 17.7. The lowest BCUT2D eigenvalue weighted by Crippen LogP contribution is -2.20. The van der Waals surface area contributed by atoms with Gasteiger partial charge in [0.15, 0.2) is 11.5 Å². The van der Waals surface area contributed by atoms with E-state index in [-0.39, 0.29) is 0 Å². The van der Waals surface area contributed by atoms with Gasteiger partial charge in [-0.05, 0) is 30.7 Å². The fourth-order valence-corrected chi connectivity index (χ4v) is 2.43. The van der Waals surface area contributed by atoms with E-state index in [1.807, 2.05) is 6.92 Å². The van der Waals surface area contributed by atoms with E-state index in [1.54, 1.807) is 30.3 Å². The minimum atomic E-state index is -0.394. The van der Waals surface area contributed by atoms with E-state index >= 15 is 0 Å². The third kappa shape index (κ3) is 4.02. The minimum absolute atomic E-state index is 0.394. The third-order valence-electron chi connectivity index (χ3n) is 3.36. The molecule has 2 rings (SSSR count). The molecule has 0 fully saturated rings. The van der Waals surface area contributed by atoms with Crippen LogP contribution in [0.4, 0.5) is 16.2 Å². The molecule has 0 radical (unpaired) electrons. The highest BCUT2D eigenvalue weighted by Gasteiger charge is 2.14. The molecule has 0 aromatic heterocycles. The molecule has 0 unspecified atom stereocenters. The Labute approximate surface area is 145 Å². The summed E-state index contributed by atoms with van der Waals surface area (Å²) in [6.45, 7) is 1.86. The van der Waals surface area contributed by atoms with Crippen LogP contribution >= 0.6 is 11.6 Å². The van der Waals surface area contributed by atoms with E-state index in [1.165, 1.54) is 21.3 Å². The van der Waals surface area contributed by atoms with Gasteiger partial charge in [-0.2, -0.15) is 0 Å². The smallest absolute Gasteiger partial charge is 0.323 e. The lowest BCUT2D eigenvalue weighted by molar-refractivity contribution is 0.262. The number of ether oxygens (including phenoxy) is 3. The summed E-state index contributed by atoms with van der Waals surface area (Å²) in [4.78, 5) is 12.2. The minimum Gasteiger partial charge on any atom is -0.493 e. The van der Waals surface area contributed by atoms with Gasteiger partial charge in [0.25, 0.3) is 0 Å². The van der Waals surface area contributed by atoms with Crippen LogP contribution < -0.4 is 24.8 Å². The van der Waals surface area contributed by atoms with Crippen LogP contribution in [-0.4, -0.2) is 27.4 Å². The number of methoxy groups -OCH3 is 3. The van der Waals surface area contributed by atoms with Crippen molar-refractivity contribution in [3.63, 3.8) is 0 Å². The second kappa shape index (κ2) is 7.79. The van der Waals surface area contributed by atoms with Crippen LogP contribution in [0.25, 0.3) is 0 Å². The quantitative estimate of drug-likeness (QED) is 0.842. The van der Waals surface area contributed by atoms with Crippen LogP contribution in [0.3, 0.4) is 0 Å². The lowest BCUT2D eigenvalue weighted by Gasteiger charge is -2.15. The first-order valence-electron chi connectivity index (χ1n) is 7.12. The summed E-state index contributed by atoms with van der Waals surface area (Å²) in [7, 11) is 4.54. The number of carbonyl (C=O) groups is 1. The van der Waals surface area contributed by atoms with Crippen molar-refractivity contribution in [2.75, 3.05) is 32.0 Å². The predicted octanol–water partition coefficient (Wildman–Crippen LogP) is 4.32. The molecule has 0 saturated carbocycles. The van der Waals surface area contributed by atoms with Crippen LogP contribution in [0.15, 0.2) is 30.3 Å². The molecule has 0 atom stereocenters. The summed E-state index contributed by atoms with van der Waals surface area (Å²) in [6.07, 6.45) is 0. The molecule has 0 aliphatic carbocycles. The molecule has 0 aliphatic heterocycles. The molecule has 0 spiro atoms. The Morgan fingerprint density at radius 2 is 1.58 bits per heavy atom. The zero-order chi connectivity index (χ0) is 17.7. The Morgan fingerprint density at radius 3 is 2.08 bits per heavy atom. The Bertz CT molecular complexity index is 724. The van der Waals surface area contributed by atoms with Crippen LogP contribution in [0.2, 0.25) is 5.02 Å². The van der Waals surface area contributed by atoms with Crippen molar-refractivity contribution < 1.29 is 19.0 Å². The van der Waals surface area contributed by atoms with Crippen LogP contribution in [0.5, 0.6) is 17.2 Å². The number of amides is 2. The van der Waals surface area contributed by atoms with Crippen molar-refractivity contribution in [3.05, 3.63) is 40.9 Å². The lowest BCUT2D eigenvalue weighted by atomic mass is 10.2. The largest absolute Gasteiger partial charge is 0.493 e. The number of urea groups is 1. The highest BCUT2D eigenvalue weighted by atomic mass is 35.5. The van der Waals surface area contributed by atoms with E-state index in [0.717, 1.165) is 5.56 Å². The Balaban J connectivity index is 2.19. The van der Waals surface area contributed by atoms with E-state index in [2.05, 4.69) is 10.6 Å². The molecule has 2 aromatic carbocycles. The number of halogens is 1. The fourth-order valence-electron chi connectivity index (χ4n) is 2.21. The maximum absolute atomic E-state index is 12.2. The summed E-state index contributed by atoms with van der Waals surface area (Å²) < 4.78 is 15.8. The van der Waals surface area contributed by atoms with Gasteiger partial charge in [-0.25, -0.2) is 4.79 Å². The second-order valence-electron chi connectivity index (χ2n) is 4.95. The summed E-state index contributed by atoms with van der Waals surface area (Å²) in [5.41, 5.74) is 2.04. The number of anilines is 2. The average molecular weight is 351 g/mol. The van der Waals surface area contributed by atoms with Gasteiger partial charge in [0.1, 0.15) is 0 Å². The topological polar surface area (TPSA) is 68.8 Å². The molecule has 128 valence electrons. The Hall–Kier alpha value is -2.60. The molecule has 0 aliphatic rings. The maximum atomic E-state index is 12.2. The van der Waals surface area contributed by atoms with E-state index in [0.29, 0.717) is 33.6 Å². The van der Waals surface area contributed by atoms with E-state index in [4.69, 9.17) is 25.8 Å². The number of hydrogen-bond acceptors (Lipinski definition) is 4. The van der Waals surface area contributed by atoms with Crippen molar-refractivity contribution in [1.82, 2.24) is 0 Å². The molecule has 2 N–H and O–H groups in total. The zero-order valence-electron chi connectivity index (χ0n) is 13.9. The number of aryl methyl sites for hydroxylation is 1. The average Bonchev–Trinajstić information content (AvgIpc) is 2.56. The molecule has 6 nitrogen and oxygen atoms in total. The molecule has 0 bridgehead atoms. The van der Waals surface area contributed by atoms with Crippen molar-refractivity contribution in [3.8, 4) is 17.2 Å². The highest BCUT2D eigenvalue weighted by molar-refractivity contribution is 6.30. The molecular weight excluding hydrogens is 332 g/mol. The van der Waals surface area contributed by atoms with Gasteiger partial charge in [0.05, 0.1) is 27.0 Å². The van der Waals surface area contributed by atoms with Gasteiger partial charge in [-0.3, -0.25) is 0 Å². The molecule has 0 heterocycles. The number of benzene rings is 2. The van der Waals surface area contributed by atoms with Crippen molar-refractivity contribution in [2.24, 2.45) is 0 Å². The zero-order valence-corrected chi connectivity index (χ0v) is 14.7. The van der Waals surface area contributed by atoms with Gasteiger partial charge in [0, 0.05) is 22.8 Å². The standard InChI is InChI=1S/C17H19ClN2O4/c1-10-7-11(18)5-6-13(10)20-17(21)19-12-8-14(22-2)16(24-4)15(9-12)23-3/h5-9H,1-4H3,(H2,19,20,21). The SMILES string of the molecule is COc1cc(NC(=O)Nc2ccc(Cl)cc2C)cc(OC)c1OC. The highest BCUT2D eigenvalue weighted by Crippen LogP contribution is 2.39. The maximum Gasteiger partial charge on any atom is 0.323 e. The first-order chi connectivity index (χ1) is 11.5. The predicted molar refractivity (Wildman–Crippen MR) is 94.9 cm³/mol. The van der Waals surface area contributed by atoms with E-state index in [9.17, 15) is 4.79 Å². The summed E-state index contributed by atoms with van der Waals surface area (Å²) in [5, 5.41) is 6.12. The molecule has 7 heteroatoms. The molecule has 0 saturated heterocycles. The Morgan fingerprint density at radius 1 is 0.958 bits per heavy atom. The number of nitrogens with one attached hydrogen (secondary N) is 2. The van der Waals surface area contributed by atoms with Crippen molar-refractivity contribution >= 4 is 29.0 Å². The molecule has 2 aromatic rings. The summed E-state index contributed by atoms with van der Waals surface area (Å²) >= 11 is 5.91. The Kier molecular flexibility index (Phi) is 5.76. The molecular formula is C17H19ClN2O4. The van der Waals surface area contributed by atoms with Crippen molar-refractivity contribution in [1.29, 1.82) is 0 Å². The van der Waals surface area contributed by atoms with Gasteiger partial charge in [-0.15, -0.1) is 0 Å². The second-order valence-corrected chi connectivity index (χ2v) is 5.39. The summed E-state index contributed by atoms with van der Waals surface area (Å²) in [5.74, 6) is 1.36. The number of rotatable bonds is 5. The van der Waals surface area contributed by atoms with Gasteiger partial charge < -0.3 is 24.8 Å². The van der Waals surface area contributed by atoms with Crippen LogP contribution in [0.1, 0.15) is 5.56 Å². The third-order valence-corrected chi connectivity index (χ3v) is 3.59. The fraction of sp³-hybridized carbons (Fsp3) is 0.235.